The van der Waals surface area contributed by atoms with E-state index in [0.717, 1.165) is 5.69 Å². The molecule has 0 bridgehead atoms. The molecule has 0 amide bonds. The number of methoxy groups -OCH3 is 3. The molecule has 5 nitrogen and oxygen atoms in total. The van der Waals surface area contributed by atoms with E-state index >= 15 is 0 Å². The summed E-state index contributed by atoms with van der Waals surface area (Å²) in [7, 11) is 4.69. The Labute approximate surface area is 101 Å². The molecule has 0 aliphatic heterocycles. The first-order chi connectivity index (χ1) is 8.12. The molecule has 17 heavy (non-hydrogen) atoms. The van der Waals surface area contributed by atoms with E-state index in [0.29, 0.717) is 23.8 Å². The zero-order valence-corrected chi connectivity index (χ0v) is 10.6. The van der Waals surface area contributed by atoms with Crippen molar-refractivity contribution in [2.75, 3.05) is 33.2 Å². The molecule has 96 valence electrons. The minimum atomic E-state index is -0.422. The van der Waals surface area contributed by atoms with Gasteiger partial charge in [-0.25, -0.2) is 0 Å². The van der Waals surface area contributed by atoms with Gasteiger partial charge in [0, 0.05) is 24.4 Å². The predicted octanol–water partition coefficient (Wildman–Crippen LogP) is 1.51. The maximum atomic E-state index is 9.22. The Kier molecular flexibility index (Phi) is 4.90. The number of ether oxygens (including phenoxy) is 3. The summed E-state index contributed by atoms with van der Waals surface area (Å²) in [4.78, 5) is 0. The molecule has 1 rings (SSSR count). The van der Waals surface area contributed by atoms with E-state index in [1.165, 1.54) is 0 Å². The van der Waals surface area contributed by atoms with Crippen molar-refractivity contribution < 1.29 is 19.3 Å². The quantitative estimate of drug-likeness (QED) is 0.790. The van der Waals surface area contributed by atoms with Crippen LogP contribution in [0.2, 0.25) is 0 Å². The zero-order valence-electron chi connectivity index (χ0n) is 10.6. The molecule has 0 radical (unpaired) electrons. The second kappa shape index (κ2) is 6.20. The highest BCUT2D eigenvalue weighted by Gasteiger charge is 2.13. The Morgan fingerprint density at radius 3 is 2.00 bits per heavy atom. The Balaban J connectivity index is 3.00. The molecule has 0 fully saturated rings. The first-order valence-electron chi connectivity index (χ1n) is 5.34. The third-order valence-electron chi connectivity index (χ3n) is 2.27. The fourth-order valence-electron chi connectivity index (χ4n) is 1.45. The van der Waals surface area contributed by atoms with Crippen LogP contribution in [0.1, 0.15) is 6.92 Å². The lowest BCUT2D eigenvalue weighted by atomic mass is 10.2. The van der Waals surface area contributed by atoms with E-state index < -0.39 is 6.10 Å². The van der Waals surface area contributed by atoms with Gasteiger partial charge in [-0.05, 0) is 6.92 Å². The lowest BCUT2D eigenvalue weighted by Crippen LogP contribution is -2.15. The van der Waals surface area contributed by atoms with E-state index in [9.17, 15) is 5.11 Å². The van der Waals surface area contributed by atoms with Crippen LogP contribution in [0.25, 0.3) is 0 Å². The van der Waals surface area contributed by atoms with Gasteiger partial charge in [0.25, 0.3) is 0 Å². The summed E-state index contributed by atoms with van der Waals surface area (Å²) in [6.45, 7) is 2.17. The van der Waals surface area contributed by atoms with Crippen LogP contribution in [0.5, 0.6) is 17.2 Å². The molecular weight excluding hydrogens is 222 g/mol. The standard InChI is InChI=1S/C12H19NO4/c1-8(14)7-13-9-5-10(15-2)12(17-4)11(6-9)16-3/h5-6,8,13-14H,7H2,1-4H3/t8-/m1/s1. The van der Waals surface area contributed by atoms with Gasteiger partial charge in [0.1, 0.15) is 0 Å². The van der Waals surface area contributed by atoms with E-state index in [4.69, 9.17) is 14.2 Å². The van der Waals surface area contributed by atoms with Gasteiger partial charge in [0.05, 0.1) is 27.4 Å². The average molecular weight is 241 g/mol. The highest BCUT2D eigenvalue weighted by molar-refractivity contribution is 5.62. The van der Waals surface area contributed by atoms with Crippen LogP contribution < -0.4 is 19.5 Å². The van der Waals surface area contributed by atoms with Crippen molar-refractivity contribution in [2.24, 2.45) is 0 Å². The van der Waals surface area contributed by atoms with E-state index in [2.05, 4.69) is 5.32 Å². The first kappa shape index (κ1) is 13.4. The minimum Gasteiger partial charge on any atom is -0.493 e. The zero-order chi connectivity index (χ0) is 12.8. The van der Waals surface area contributed by atoms with E-state index in [1.54, 1.807) is 40.4 Å². The van der Waals surface area contributed by atoms with E-state index in [-0.39, 0.29) is 0 Å². The Bertz CT molecular complexity index is 341. The number of hydrogen-bond acceptors (Lipinski definition) is 5. The van der Waals surface area contributed by atoms with Crippen molar-refractivity contribution in [3.63, 3.8) is 0 Å². The summed E-state index contributed by atoms with van der Waals surface area (Å²) in [5, 5.41) is 12.3. The smallest absolute Gasteiger partial charge is 0.203 e. The summed E-state index contributed by atoms with van der Waals surface area (Å²) in [5.41, 5.74) is 0.806. The van der Waals surface area contributed by atoms with Crippen molar-refractivity contribution >= 4 is 5.69 Å². The third-order valence-corrected chi connectivity index (χ3v) is 2.27. The molecule has 1 aromatic carbocycles. The van der Waals surface area contributed by atoms with Gasteiger partial charge in [-0.2, -0.15) is 0 Å². The van der Waals surface area contributed by atoms with Crippen molar-refractivity contribution in [1.29, 1.82) is 0 Å². The Hall–Kier alpha value is -1.62. The van der Waals surface area contributed by atoms with Crippen LogP contribution in [-0.4, -0.2) is 39.1 Å². The van der Waals surface area contributed by atoms with Gasteiger partial charge in [-0.15, -0.1) is 0 Å². The molecule has 5 heteroatoms. The first-order valence-corrected chi connectivity index (χ1v) is 5.34. The number of benzene rings is 1. The summed E-state index contributed by atoms with van der Waals surface area (Å²) in [5.74, 6) is 1.72. The van der Waals surface area contributed by atoms with Crippen LogP contribution in [0.15, 0.2) is 12.1 Å². The molecule has 1 atom stereocenters. The summed E-state index contributed by atoms with van der Waals surface area (Å²) < 4.78 is 15.6. The van der Waals surface area contributed by atoms with Gasteiger partial charge in [-0.3, -0.25) is 0 Å². The van der Waals surface area contributed by atoms with Crippen LogP contribution in [-0.2, 0) is 0 Å². The maximum absolute atomic E-state index is 9.22. The number of nitrogens with one attached hydrogen (secondary N) is 1. The van der Waals surface area contributed by atoms with Crippen molar-refractivity contribution in [1.82, 2.24) is 0 Å². The van der Waals surface area contributed by atoms with Gasteiger partial charge in [0.15, 0.2) is 11.5 Å². The third kappa shape index (κ3) is 3.42. The highest BCUT2D eigenvalue weighted by atomic mass is 16.5. The highest BCUT2D eigenvalue weighted by Crippen LogP contribution is 2.39. The summed E-state index contributed by atoms with van der Waals surface area (Å²) in [6.07, 6.45) is -0.422. The lowest BCUT2D eigenvalue weighted by Gasteiger charge is -2.15. The summed E-state index contributed by atoms with van der Waals surface area (Å²) in [6, 6.07) is 3.59. The maximum Gasteiger partial charge on any atom is 0.203 e. The number of aliphatic hydroxyl groups excluding tert-OH is 1. The molecule has 0 aliphatic carbocycles. The Morgan fingerprint density at radius 1 is 1.12 bits per heavy atom. The Morgan fingerprint density at radius 2 is 1.65 bits per heavy atom. The SMILES string of the molecule is COc1cc(NC[C@@H](C)O)cc(OC)c1OC. The fraction of sp³-hybridized carbons (Fsp3) is 0.500. The van der Waals surface area contributed by atoms with Crippen LogP contribution >= 0.6 is 0 Å². The molecular formula is C12H19NO4. The molecule has 0 aliphatic rings. The van der Waals surface area contributed by atoms with Crippen molar-refractivity contribution in [3.8, 4) is 17.2 Å². The molecule has 0 spiro atoms. The number of rotatable bonds is 6. The van der Waals surface area contributed by atoms with Gasteiger partial charge >= 0.3 is 0 Å². The number of hydrogen-bond donors (Lipinski definition) is 2. The van der Waals surface area contributed by atoms with Crippen molar-refractivity contribution in [2.45, 2.75) is 13.0 Å². The summed E-state index contributed by atoms with van der Waals surface area (Å²) >= 11 is 0. The normalized spacial score (nSPS) is 11.8. The molecule has 2 N–H and O–H groups in total. The van der Waals surface area contributed by atoms with Gasteiger partial charge in [-0.1, -0.05) is 0 Å². The minimum absolute atomic E-state index is 0.422. The molecule has 0 heterocycles. The van der Waals surface area contributed by atoms with Gasteiger partial charge < -0.3 is 24.6 Å². The fourth-order valence-corrected chi connectivity index (χ4v) is 1.45. The van der Waals surface area contributed by atoms with E-state index in [1.807, 2.05) is 0 Å². The average Bonchev–Trinajstić information content (AvgIpc) is 2.34. The second-order valence-electron chi connectivity index (χ2n) is 3.64. The molecule has 0 saturated heterocycles. The monoisotopic (exact) mass is 241 g/mol. The number of anilines is 1. The molecule has 1 aromatic rings. The van der Waals surface area contributed by atoms with Crippen LogP contribution in [0.3, 0.4) is 0 Å². The largest absolute Gasteiger partial charge is 0.493 e. The van der Waals surface area contributed by atoms with Crippen LogP contribution in [0, 0.1) is 0 Å². The molecule has 0 saturated carbocycles. The second-order valence-corrected chi connectivity index (χ2v) is 3.64. The number of aliphatic hydroxyl groups is 1. The van der Waals surface area contributed by atoms with Crippen LogP contribution in [0.4, 0.5) is 5.69 Å². The lowest BCUT2D eigenvalue weighted by molar-refractivity contribution is 0.208. The molecule has 0 unspecified atom stereocenters. The predicted molar refractivity (Wildman–Crippen MR) is 66.3 cm³/mol. The van der Waals surface area contributed by atoms with Gasteiger partial charge in [0.2, 0.25) is 5.75 Å². The topological polar surface area (TPSA) is 60.0 Å². The van der Waals surface area contributed by atoms with Crippen molar-refractivity contribution in [3.05, 3.63) is 12.1 Å². The molecule has 0 aromatic heterocycles.